The van der Waals surface area contributed by atoms with E-state index in [1.165, 1.54) is 51.6 Å². The van der Waals surface area contributed by atoms with Gasteiger partial charge in [-0.3, -0.25) is 9.69 Å². The highest BCUT2D eigenvalue weighted by Gasteiger charge is 2.15. The second-order valence-electron chi connectivity index (χ2n) is 6.95. The van der Waals surface area contributed by atoms with E-state index in [1.807, 2.05) is 0 Å². The minimum Gasteiger partial charge on any atom is -0.503 e. The second kappa shape index (κ2) is 7.97. The van der Waals surface area contributed by atoms with Crippen molar-refractivity contribution in [3.05, 3.63) is 28.2 Å². The maximum Gasteiger partial charge on any atom is 0.223 e. The summed E-state index contributed by atoms with van der Waals surface area (Å²) in [5.41, 5.74) is 0.776. The lowest BCUT2D eigenvalue weighted by Gasteiger charge is -2.29. The van der Waals surface area contributed by atoms with E-state index in [4.69, 9.17) is 0 Å². The van der Waals surface area contributed by atoms with Crippen molar-refractivity contribution in [1.82, 2.24) is 14.4 Å². The molecular formula is C18H29N3O2. The normalized spacial score (nSPS) is 20.7. The van der Waals surface area contributed by atoms with Crippen molar-refractivity contribution in [2.75, 3.05) is 32.7 Å². The van der Waals surface area contributed by atoms with Crippen LogP contribution < -0.4 is 5.43 Å². The number of hydrogen-bond donors (Lipinski definition) is 1. The van der Waals surface area contributed by atoms with Gasteiger partial charge in [-0.2, -0.15) is 0 Å². The molecule has 0 amide bonds. The van der Waals surface area contributed by atoms with Gasteiger partial charge in [0.25, 0.3) is 0 Å². The molecule has 2 aliphatic rings. The highest BCUT2D eigenvalue weighted by atomic mass is 16.3. The van der Waals surface area contributed by atoms with E-state index in [0.717, 1.165) is 38.4 Å². The molecular weight excluding hydrogens is 290 g/mol. The van der Waals surface area contributed by atoms with Crippen LogP contribution in [0.1, 0.15) is 44.2 Å². The maximum absolute atomic E-state index is 11.8. The molecule has 3 heterocycles. The van der Waals surface area contributed by atoms with E-state index in [1.54, 1.807) is 12.3 Å². The van der Waals surface area contributed by atoms with Gasteiger partial charge in [0.15, 0.2) is 5.75 Å². The lowest BCUT2D eigenvalue weighted by molar-refractivity contribution is 0.205. The maximum atomic E-state index is 11.8. The first-order valence-electron chi connectivity index (χ1n) is 9.09. The molecule has 2 saturated heterocycles. The zero-order valence-electron chi connectivity index (χ0n) is 14.0. The van der Waals surface area contributed by atoms with Crippen LogP contribution >= 0.6 is 0 Å². The predicted octanol–water partition coefficient (Wildman–Crippen LogP) is 2.03. The van der Waals surface area contributed by atoms with Gasteiger partial charge in [-0.1, -0.05) is 12.8 Å². The van der Waals surface area contributed by atoms with Crippen molar-refractivity contribution < 1.29 is 5.11 Å². The fourth-order valence-corrected chi connectivity index (χ4v) is 3.73. The third-order valence-electron chi connectivity index (χ3n) is 5.14. The molecule has 0 aliphatic carbocycles. The van der Waals surface area contributed by atoms with Gasteiger partial charge in [-0.05, 0) is 51.9 Å². The van der Waals surface area contributed by atoms with Gasteiger partial charge in [0, 0.05) is 31.4 Å². The van der Waals surface area contributed by atoms with Crippen LogP contribution in [0.3, 0.4) is 0 Å². The fraction of sp³-hybridized carbons (Fsp3) is 0.722. The summed E-state index contributed by atoms with van der Waals surface area (Å²) in [6.45, 7) is 7.23. The number of aromatic nitrogens is 1. The lowest BCUT2D eigenvalue weighted by Crippen LogP contribution is -2.34. The van der Waals surface area contributed by atoms with E-state index in [2.05, 4.69) is 14.4 Å². The zero-order valence-corrected chi connectivity index (χ0v) is 14.0. The van der Waals surface area contributed by atoms with Gasteiger partial charge in [0.05, 0.1) is 6.20 Å². The zero-order chi connectivity index (χ0) is 16.1. The summed E-state index contributed by atoms with van der Waals surface area (Å²) < 4.78 is 2.08. The Balaban J connectivity index is 1.68. The van der Waals surface area contributed by atoms with Crippen molar-refractivity contribution >= 4 is 0 Å². The first kappa shape index (κ1) is 16.5. The molecule has 2 fully saturated rings. The van der Waals surface area contributed by atoms with Gasteiger partial charge in [0.2, 0.25) is 5.43 Å². The third kappa shape index (κ3) is 4.58. The van der Waals surface area contributed by atoms with Crippen LogP contribution in [-0.2, 0) is 13.1 Å². The molecule has 128 valence electrons. The Morgan fingerprint density at radius 3 is 2.13 bits per heavy atom. The van der Waals surface area contributed by atoms with Crippen LogP contribution in [-0.4, -0.2) is 52.2 Å². The Morgan fingerprint density at radius 2 is 1.48 bits per heavy atom. The first-order chi connectivity index (χ1) is 11.2. The van der Waals surface area contributed by atoms with Gasteiger partial charge in [-0.25, -0.2) is 0 Å². The molecule has 0 unspecified atom stereocenters. The summed E-state index contributed by atoms with van der Waals surface area (Å²) in [5, 5.41) is 9.81. The highest BCUT2D eigenvalue weighted by molar-refractivity contribution is 5.20. The third-order valence-corrected chi connectivity index (χ3v) is 5.14. The SMILES string of the molecule is O=c1cc(CN2CCCCC2)n(CCN2CCCCC2)cc1O. The van der Waals surface area contributed by atoms with Gasteiger partial charge in [-0.15, -0.1) is 0 Å². The molecule has 5 heteroatoms. The van der Waals surface area contributed by atoms with Gasteiger partial charge >= 0.3 is 0 Å². The van der Waals surface area contributed by atoms with Crippen molar-refractivity contribution in [2.24, 2.45) is 0 Å². The number of pyridine rings is 1. The largest absolute Gasteiger partial charge is 0.503 e. The number of piperidine rings is 2. The first-order valence-corrected chi connectivity index (χ1v) is 9.09. The van der Waals surface area contributed by atoms with Gasteiger partial charge in [0.1, 0.15) is 0 Å². The van der Waals surface area contributed by atoms with Crippen molar-refractivity contribution in [3.63, 3.8) is 0 Å². The molecule has 5 nitrogen and oxygen atoms in total. The average Bonchev–Trinajstić information content (AvgIpc) is 2.58. The lowest BCUT2D eigenvalue weighted by atomic mass is 10.1. The van der Waals surface area contributed by atoms with Crippen LogP contribution in [0.2, 0.25) is 0 Å². The van der Waals surface area contributed by atoms with Gasteiger partial charge < -0.3 is 14.6 Å². The van der Waals surface area contributed by atoms with Crippen LogP contribution in [0.4, 0.5) is 0 Å². The number of nitrogens with zero attached hydrogens (tertiary/aromatic N) is 3. The Hall–Kier alpha value is -1.33. The van der Waals surface area contributed by atoms with Crippen molar-refractivity contribution in [2.45, 2.75) is 51.6 Å². The quantitative estimate of drug-likeness (QED) is 0.902. The molecule has 3 rings (SSSR count). The van der Waals surface area contributed by atoms with E-state index in [9.17, 15) is 9.90 Å². The van der Waals surface area contributed by atoms with Crippen molar-refractivity contribution in [3.8, 4) is 5.75 Å². The van der Waals surface area contributed by atoms with E-state index < -0.39 is 0 Å². The standard InChI is InChI=1S/C18H29N3O2/c22-17-13-16(14-20-9-5-2-6-10-20)21(15-18(17)23)12-11-19-7-3-1-4-8-19/h13,15,23H,1-12,14H2. The van der Waals surface area contributed by atoms with Crippen LogP contribution in [0.5, 0.6) is 5.75 Å². The molecule has 2 aliphatic heterocycles. The molecule has 0 aromatic carbocycles. The van der Waals surface area contributed by atoms with Crippen LogP contribution in [0.15, 0.2) is 17.1 Å². The summed E-state index contributed by atoms with van der Waals surface area (Å²) in [7, 11) is 0. The number of aromatic hydroxyl groups is 1. The topological polar surface area (TPSA) is 48.7 Å². The van der Waals surface area contributed by atoms with E-state index in [0.29, 0.717) is 0 Å². The number of likely N-dealkylation sites (tertiary alicyclic amines) is 2. The smallest absolute Gasteiger partial charge is 0.223 e. The second-order valence-corrected chi connectivity index (χ2v) is 6.95. The Bertz CT molecular complexity index is 558. The molecule has 0 saturated carbocycles. The predicted molar refractivity (Wildman–Crippen MR) is 91.8 cm³/mol. The summed E-state index contributed by atoms with van der Waals surface area (Å²) in [4.78, 5) is 16.8. The number of rotatable bonds is 5. The highest BCUT2D eigenvalue weighted by Crippen LogP contribution is 2.15. The Labute approximate surface area is 138 Å². The molecule has 1 N–H and O–H groups in total. The van der Waals surface area contributed by atoms with Crippen molar-refractivity contribution in [1.29, 1.82) is 0 Å². The number of hydrogen-bond acceptors (Lipinski definition) is 4. The van der Waals surface area contributed by atoms with Crippen LogP contribution in [0, 0.1) is 0 Å². The van der Waals surface area contributed by atoms with Crippen LogP contribution in [0.25, 0.3) is 0 Å². The molecule has 0 spiro atoms. The summed E-state index contributed by atoms with van der Waals surface area (Å²) in [5.74, 6) is -0.133. The minimum atomic E-state index is -0.258. The molecule has 0 radical (unpaired) electrons. The molecule has 1 aromatic heterocycles. The Kier molecular flexibility index (Phi) is 5.73. The summed E-state index contributed by atoms with van der Waals surface area (Å²) >= 11 is 0. The summed E-state index contributed by atoms with van der Waals surface area (Å²) in [6, 6.07) is 1.63. The minimum absolute atomic E-state index is 0.133. The Morgan fingerprint density at radius 1 is 0.870 bits per heavy atom. The molecule has 23 heavy (non-hydrogen) atoms. The van der Waals surface area contributed by atoms with E-state index >= 15 is 0 Å². The molecule has 0 bridgehead atoms. The molecule has 1 aromatic rings. The molecule has 0 atom stereocenters. The average molecular weight is 319 g/mol. The fourth-order valence-electron chi connectivity index (χ4n) is 3.73. The summed E-state index contributed by atoms with van der Waals surface area (Å²) in [6.07, 6.45) is 9.35. The van der Waals surface area contributed by atoms with E-state index in [-0.39, 0.29) is 11.2 Å². The monoisotopic (exact) mass is 319 g/mol.